The van der Waals surface area contributed by atoms with E-state index in [1.807, 2.05) is 0 Å². The number of benzene rings is 1. The molecule has 22 heavy (non-hydrogen) atoms. The van der Waals surface area contributed by atoms with Crippen molar-refractivity contribution in [3.8, 4) is 0 Å². The molecule has 0 spiro atoms. The first-order valence-electron chi connectivity index (χ1n) is 7.35. The van der Waals surface area contributed by atoms with Crippen LogP contribution in [0, 0.1) is 28.9 Å². The van der Waals surface area contributed by atoms with E-state index in [1.54, 1.807) is 6.92 Å². The first kappa shape index (κ1) is 15.4. The molecule has 2 atom stereocenters. The summed E-state index contributed by atoms with van der Waals surface area (Å²) in [7, 11) is -3.67. The van der Waals surface area contributed by atoms with Crippen LogP contribution in [0.1, 0.15) is 12.0 Å². The van der Waals surface area contributed by atoms with Crippen molar-refractivity contribution in [1.82, 2.24) is 9.62 Å². The van der Waals surface area contributed by atoms with Crippen LogP contribution in [0.2, 0.25) is 0 Å². The molecular formula is C14H19N3O4S. The van der Waals surface area contributed by atoms with E-state index in [4.69, 9.17) is 0 Å². The summed E-state index contributed by atoms with van der Waals surface area (Å²) in [6.07, 6.45) is 0.838. The van der Waals surface area contributed by atoms with E-state index in [0.29, 0.717) is 30.5 Å². The van der Waals surface area contributed by atoms with Crippen LogP contribution in [0.3, 0.4) is 0 Å². The number of rotatable bonds is 3. The van der Waals surface area contributed by atoms with Gasteiger partial charge >= 0.3 is 0 Å². The summed E-state index contributed by atoms with van der Waals surface area (Å²) in [5.74, 6) is 0.878. The van der Waals surface area contributed by atoms with Gasteiger partial charge in [0.25, 0.3) is 5.69 Å². The first-order valence-corrected chi connectivity index (χ1v) is 8.79. The lowest BCUT2D eigenvalue weighted by atomic mass is 9.90. The average Bonchev–Trinajstić information content (AvgIpc) is 2.94. The van der Waals surface area contributed by atoms with Crippen molar-refractivity contribution >= 4 is 15.7 Å². The fourth-order valence-corrected chi connectivity index (χ4v) is 4.85. The minimum atomic E-state index is -3.67. The van der Waals surface area contributed by atoms with Gasteiger partial charge in [-0.2, -0.15) is 4.31 Å². The zero-order valence-corrected chi connectivity index (χ0v) is 13.2. The number of fused-ring (bicyclic) bond motifs is 1. The molecule has 2 aliphatic heterocycles. The molecule has 0 amide bonds. The van der Waals surface area contributed by atoms with Gasteiger partial charge in [0.15, 0.2) is 0 Å². The molecule has 1 aromatic carbocycles. The number of nitrogens with zero attached hydrogens (tertiary/aromatic N) is 2. The van der Waals surface area contributed by atoms with Crippen molar-refractivity contribution in [2.24, 2.45) is 11.8 Å². The van der Waals surface area contributed by atoms with Gasteiger partial charge in [-0.05, 0) is 44.3 Å². The van der Waals surface area contributed by atoms with E-state index in [9.17, 15) is 18.5 Å². The Kier molecular flexibility index (Phi) is 3.92. The fourth-order valence-electron chi connectivity index (χ4n) is 3.32. The third-order valence-corrected chi connectivity index (χ3v) is 6.54. The lowest BCUT2D eigenvalue weighted by Gasteiger charge is -2.33. The van der Waals surface area contributed by atoms with Crippen LogP contribution in [0.25, 0.3) is 0 Å². The molecule has 0 bridgehead atoms. The van der Waals surface area contributed by atoms with Gasteiger partial charge in [-0.1, -0.05) is 6.07 Å². The highest BCUT2D eigenvalue weighted by atomic mass is 32.2. The number of nitro benzene ring substituents is 1. The van der Waals surface area contributed by atoms with E-state index in [0.717, 1.165) is 19.5 Å². The van der Waals surface area contributed by atoms with E-state index in [2.05, 4.69) is 5.32 Å². The summed E-state index contributed by atoms with van der Waals surface area (Å²) >= 11 is 0. The second-order valence-corrected chi connectivity index (χ2v) is 7.97. The highest BCUT2D eigenvalue weighted by molar-refractivity contribution is 7.89. The molecule has 120 valence electrons. The summed E-state index contributed by atoms with van der Waals surface area (Å²) in [6, 6.07) is 4.12. The molecule has 8 heteroatoms. The van der Waals surface area contributed by atoms with Crippen molar-refractivity contribution in [3.05, 3.63) is 33.9 Å². The highest BCUT2D eigenvalue weighted by Gasteiger charge is 2.38. The Morgan fingerprint density at radius 3 is 2.77 bits per heavy atom. The molecule has 1 aromatic rings. The molecule has 0 aliphatic carbocycles. The first-order chi connectivity index (χ1) is 10.4. The molecule has 1 N–H and O–H groups in total. The Morgan fingerprint density at radius 2 is 2.05 bits per heavy atom. The molecule has 7 nitrogen and oxygen atoms in total. The summed E-state index contributed by atoms with van der Waals surface area (Å²) in [6.45, 7) is 4.36. The summed E-state index contributed by atoms with van der Waals surface area (Å²) in [5, 5.41) is 14.3. The second-order valence-electron chi connectivity index (χ2n) is 6.04. The number of nitrogens with one attached hydrogen (secondary N) is 1. The Bertz CT molecular complexity index is 704. The maximum absolute atomic E-state index is 12.7. The van der Waals surface area contributed by atoms with Crippen molar-refractivity contribution in [2.75, 3.05) is 26.2 Å². The van der Waals surface area contributed by atoms with Crippen LogP contribution in [-0.4, -0.2) is 43.8 Å². The van der Waals surface area contributed by atoms with Crippen LogP contribution in [0.5, 0.6) is 0 Å². The Morgan fingerprint density at radius 1 is 1.32 bits per heavy atom. The number of aryl methyl sites for hydroxylation is 1. The largest absolute Gasteiger partial charge is 0.316 e. The topological polar surface area (TPSA) is 92.6 Å². The molecule has 0 saturated carbocycles. The van der Waals surface area contributed by atoms with Gasteiger partial charge in [-0.25, -0.2) is 8.42 Å². The molecule has 2 aliphatic rings. The zero-order chi connectivity index (χ0) is 15.9. The number of nitro groups is 1. The number of hydrogen-bond acceptors (Lipinski definition) is 5. The zero-order valence-electron chi connectivity index (χ0n) is 12.4. The molecule has 2 saturated heterocycles. The summed E-state index contributed by atoms with van der Waals surface area (Å²) in [5.41, 5.74) is 0.307. The fraction of sp³-hybridized carbons (Fsp3) is 0.571. The summed E-state index contributed by atoms with van der Waals surface area (Å²) < 4.78 is 27.0. The predicted octanol–water partition coefficient (Wildman–Crippen LogP) is 1.13. The third kappa shape index (κ3) is 2.62. The molecule has 3 rings (SSSR count). The number of sulfonamides is 1. The maximum Gasteiger partial charge on any atom is 0.273 e. The average molecular weight is 325 g/mol. The van der Waals surface area contributed by atoms with Gasteiger partial charge in [0.2, 0.25) is 10.0 Å². The van der Waals surface area contributed by atoms with E-state index < -0.39 is 14.9 Å². The molecule has 0 aromatic heterocycles. The van der Waals surface area contributed by atoms with Gasteiger partial charge < -0.3 is 5.32 Å². The lowest BCUT2D eigenvalue weighted by molar-refractivity contribution is -0.385. The minimum absolute atomic E-state index is 0.00852. The highest BCUT2D eigenvalue weighted by Crippen LogP contribution is 2.31. The third-order valence-electron chi connectivity index (χ3n) is 4.68. The Labute approximate surface area is 129 Å². The monoisotopic (exact) mass is 325 g/mol. The molecule has 2 unspecified atom stereocenters. The van der Waals surface area contributed by atoms with Gasteiger partial charge in [-0.3, -0.25) is 10.1 Å². The molecule has 0 radical (unpaired) electrons. The molecular weight excluding hydrogens is 306 g/mol. The Balaban J connectivity index is 1.90. The summed E-state index contributed by atoms with van der Waals surface area (Å²) in [4.78, 5) is 10.5. The number of piperidine rings is 1. The van der Waals surface area contributed by atoms with Crippen LogP contribution < -0.4 is 5.32 Å². The minimum Gasteiger partial charge on any atom is -0.316 e. The van der Waals surface area contributed by atoms with E-state index in [-0.39, 0.29) is 10.6 Å². The van der Waals surface area contributed by atoms with E-state index >= 15 is 0 Å². The van der Waals surface area contributed by atoms with Gasteiger partial charge in [-0.15, -0.1) is 0 Å². The SMILES string of the molecule is Cc1ccc(S(=O)(=O)N2CCC3CNCC3C2)cc1[N+](=O)[O-]. The smallest absolute Gasteiger partial charge is 0.273 e. The Hall–Kier alpha value is -1.51. The van der Waals surface area contributed by atoms with Crippen LogP contribution in [0.15, 0.2) is 23.1 Å². The van der Waals surface area contributed by atoms with Crippen LogP contribution in [0.4, 0.5) is 5.69 Å². The lowest BCUT2D eigenvalue weighted by Crippen LogP contribution is -2.43. The second kappa shape index (κ2) is 5.60. The van der Waals surface area contributed by atoms with E-state index in [1.165, 1.54) is 22.5 Å². The standard InChI is InChI=1S/C14H19N3O4S/c1-10-2-3-13(6-14(10)17(18)19)22(20,21)16-5-4-11-7-15-8-12(11)9-16/h2-3,6,11-12,15H,4-5,7-9H2,1H3. The van der Waals surface area contributed by atoms with Crippen LogP contribution >= 0.6 is 0 Å². The molecule has 2 heterocycles. The van der Waals surface area contributed by atoms with Crippen molar-refractivity contribution in [1.29, 1.82) is 0 Å². The maximum atomic E-state index is 12.7. The quantitative estimate of drug-likeness (QED) is 0.664. The van der Waals surface area contributed by atoms with Crippen molar-refractivity contribution in [3.63, 3.8) is 0 Å². The van der Waals surface area contributed by atoms with Gasteiger partial charge in [0.05, 0.1) is 9.82 Å². The van der Waals surface area contributed by atoms with Gasteiger partial charge in [0.1, 0.15) is 0 Å². The van der Waals surface area contributed by atoms with Crippen LogP contribution in [-0.2, 0) is 10.0 Å². The van der Waals surface area contributed by atoms with Gasteiger partial charge in [0, 0.05) is 24.7 Å². The van der Waals surface area contributed by atoms with Crippen molar-refractivity contribution in [2.45, 2.75) is 18.2 Å². The predicted molar refractivity (Wildman–Crippen MR) is 81.1 cm³/mol. The number of hydrogen-bond donors (Lipinski definition) is 1. The normalized spacial score (nSPS) is 25.9. The van der Waals surface area contributed by atoms with Crippen molar-refractivity contribution < 1.29 is 13.3 Å². The molecule has 2 fully saturated rings.